The first-order chi connectivity index (χ1) is 11.1. The van der Waals surface area contributed by atoms with E-state index in [2.05, 4.69) is 5.32 Å². The third-order valence-electron chi connectivity index (χ3n) is 4.80. The van der Waals surface area contributed by atoms with Gasteiger partial charge in [0.2, 0.25) is 5.91 Å². The van der Waals surface area contributed by atoms with Gasteiger partial charge in [0.1, 0.15) is 5.75 Å². The third kappa shape index (κ3) is 3.34. The summed E-state index contributed by atoms with van der Waals surface area (Å²) in [5.41, 5.74) is 1.000. The van der Waals surface area contributed by atoms with Crippen molar-refractivity contribution in [3.63, 3.8) is 0 Å². The Hall–Kier alpha value is -1.63. The van der Waals surface area contributed by atoms with Crippen molar-refractivity contribution in [2.45, 2.75) is 44.0 Å². The number of nitrogens with zero attached hydrogens (tertiary/aromatic N) is 1. The van der Waals surface area contributed by atoms with Crippen LogP contribution in [0.2, 0.25) is 0 Å². The van der Waals surface area contributed by atoms with E-state index in [1.54, 1.807) is 0 Å². The number of amides is 1. The van der Waals surface area contributed by atoms with E-state index in [1.807, 2.05) is 36.1 Å². The largest absolute Gasteiger partial charge is 0.493 e. The second-order valence-electron chi connectivity index (χ2n) is 6.33. The molecule has 4 unspecified atom stereocenters. The normalized spacial score (nSPS) is 28.7. The summed E-state index contributed by atoms with van der Waals surface area (Å²) < 4.78 is 5.62. The van der Waals surface area contributed by atoms with Crippen LogP contribution >= 0.6 is 0 Å². The zero-order valence-corrected chi connectivity index (χ0v) is 13.3. The minimum absolute atomic E-state index is 0.0468. The van der Waals surface area contributed by atoms with Gasteiger partial charge < -0.3 is 20.3 Å². The highest BCUT2D eigenvalue weighted by atomic mass is 16.5. The van der Waals surface area contributed by atoms with Crippen LogP contribution in [0.15, 0.2) is 24.3 Å². The molecule has 1 fully saturated rings. The predicted molar refractivity (Wildman–Crippen MR) is 85.1 cm³/mol. The number of carbonyl (C=O) groups is 1. The van der Waals surface area contributed by atoms with Crippen LogP contribution in [0.1, 0.15) is 31.4 Å². The van der Waals surface area contributed by atoms with Gasteiger partial charge in [-0.2, -0.15) is 0 Å². The van der Waals surface area contributed by atoms with Gasteiger partial charge in [0.05, 0.1) is 31.4 Å². The van der Waals surface area contributed by atoms with Crippen molar-refractivity contribution in [3.05, 3.63) is 29.8 Å². The van der Waals surface area contributed by atoms with E-state index in [4.69, 9.17) is 4.74 Å². The average Bonchev–Trinajstić information content (AvgIpc) is 2.95. The molecule has 0 spiro atoms. The molecule has 1 saturated heterocycles. The molecule has 0 saturated carbocycles. The molecule has 1 aromatic rings. The fourth-order valence-corrected chi connectivity index (χ4v) is 3.51. The van der Waals surface area contributed by atoms with Crippen molar-refractivity contribution < 1.29 is 19.7 Å². The Labute approximate surface area is 136 Å². The zero-order chi connectivity index (χ0) is 16.4. The number of para-hydroxylation sites is 1. The van der Waals surface area contributed by atoms with Gasteiger partial charge in [-0.25, -0.2) is 0 Å². The Morgan fingerprint density at radius 2 is 2.26 bits per heavy atom. The number of aliphatic hydroxyl groups is 2. The van der Waals surface area contributed by atoms with Gasteiger partial charge in [0.15, 0.2) is 0 Å². The van der Waals surface area contributed by atoms with E-state index in [0.717, 1.165) is 17.7 Å². The second kappa shape index (κ2) is 6.86. The highest BCUT2D eigenvalue weighted by Gasteiger charge is 2.37. The number of fused-ring (bicyclic) bond motifs is 1. The van der Waals surface area contributed by atoms with Gasteiger partial charge in [0, 0.05) is 24.6 Å². The molecule has 2 aliphatic heterocycles. The Balaban J connectivity index is 1.68. The standard InChI is InChI=1S/C17H24N2O4/c1-11(19-9-13(21)8-12(19)10-20)17(22)18-15-6-7-23-16-5-3-2-4-14(15)16/h2-5,11-13,15,20-21H,6-10H2,1H3,(H,18,22). The maximum atomic E-state index is 12.6. The molecule has 6 heteroatoms. The van der Waals surface area contributed by atoms with E-state index >= 15 is 0 Å². The van der Waals surface area contributed by atoms with Crippen LogP contribution in [0.25, 0.3) is 0 Å². The molecule has 1 aromatic carbocycles. The smallest absolute Gasteiger partial charge is 0.237 e. The topological polar surface area (TPSA) is 82.0 Å². The fraction of sp³-hybridized carbons (Fsp3) is 0.588. The van der Waals surface area contributed by atoms with Crippen molar-refractivity contribution in [1.29, 1.82) is 0 Å². The number of rotatable bonds is 4. The Bertz CT molecular complexity index is 565. The van der Waals surface area contributed by atoms with Crippen LogP contribution in [0.5, 0.6) is 5.75 Å². The van der Waals surface area contributed by atoms with Crippen molar-refractivity contribution in [2.24, 2.45) is 0 Å². The number of likely N-dealkylation sites (tertiary alicyclic amines) is 1. The lowest BCUT2D eigenvalue weighted by Crippen LogP contribution is -2.49. The zero-order valence-electron chi connectivity index (χ0n) is 13.3. The van der Waals surface area contributed by atoms with E-state index in [0.29, 0.717) is 19.6 Å². The molecule has 23 heavy (non-hydrogen) atoms. The van der Waals surface area contributed by atoms with Gasteiger partial charge in [-0.15, -0.1) is 0 Å². The predicted octanol–water partition coefficient (Wildman–Crippen LogP) is 0.442. The van der Waals surface area contributed by atoms with E-state index in [9.17, 15) is 15.0 Å². The molecule has 0 aliphatic carbocycles. The lowest BCUT2D eigenvalue weighted by atomic mass is 10.00. The molecule has 126 valence electrons. The summed E-state index contributed by atoms with van der Waals surface area (Å²) in [6.07, 6.45) is 0.765. The number of hydrogen-bond acceptors (Lipinski definition) is 5. The minimum Gasteiger partial charge on any atom is -0.493 e. The van der Waals surface area contributed by atoms with E-state index < -0.39 is 6.10 Å². The van der Waals surface area contributed by atoms with Gasteiger partial charge in [-0.05, 0) is 19.4 Å². The van der Waals surface area contributed by atoms with Gasteiger partial charge in [0.25, 0.3) is 0 Å². The van der Waals surface area contributed by atoms with Crippen LogP contribution in [0.3, 0.4) is 0 Å². The van der Waals surface area contributed by atoms with Crippen LogP contribution in [-0.4, -0.2) is 59.0 Å². The fourth-order valence-electron chi connectivity index (χ4n) is 3.51. The molecule has 0 aromatic heterocycles. The molecule has 4 atom stereocenters. The number of carbonyl (C=O) groups excluding carboxylic acids is 1. The molecule has 0 radical (unpaired) electrons. The van der Waals surface area contributed by atoms with E-state index in [-0.39, 0.29) is 30.6 Å². The van der Waals surface area contributed by atoms with Crippen LogP contribution in [0.4, 0.5) is 0 Å². The first-order valence-electron chi connectivity index (χ1n) is 8.17. The molecule has 2 aliphatic rings. The Kier molecular flexibility index (Phi) is 4.84. The number of ether oxygens (including phenoxy) is 1. The molecule has 1 amide bonds. The molecular weight excluding hydrogens is 296 g/mol. The van der Waals surface area contributed by atoms with Crippen molar-refractivity contribution in [1.82, 2.24) is 10.2 Å². The first kappa shape index (κ1) is 16.2. The van der Waals surface area contributed by atoms with Gasteiger partial charge >= 0.3 is 0 Å². The second-order valence-corrected chi connectivity index (χ2v) is 6.33. The Morgan fingerprint density at radius 3 is 3.04 bits per heavy atom. The van der Waals surface area contributed by atoms with Crippen molar-refractivity contribution in [2.75, 3.05) is 19.8 Å². The molecule has 3 rings (SSSR count). The van der Waals surface area contributed by atoms with Crippen LogP contribution < -0.4 is 10.1 Å². The number of aliphatic hydroxyl groups excluding tert-OH is 2. The van der Waals surface area contributed by atoms with Gasteiger partial charge in [-0.3, -0.25) is 9.69 Å². The molecule has 6 nitrogen and oxygen atoms in total. The summed E-state index contributed by atoms with van der Waals surface area (Å²) in [5.74, 6) is 0.737. The average molecular weight is 320 g/mol. The maximum absolute atomic E-state index is 12.6. The number of hydrogen-bond donors (Lipinski definition) is 3. The van der Waals surface area contributed by atoms with E-state index in [1.165, 1.54) is 0 Å². The quantitative estimate of drug-likeness (QED) is 0.750. The van der Waals surface area contributed by atoms with Crippen LogP contribution in [-0.2, 0) is 4.79 Å². The summed E-state index contributed by atoms with van der Waals surface area (Å²) in [6, 6.07) is 7.13. The highest BCUT2D eigenvalue weighted by Crippen LogP contribution is 2.31. The third-order valence-corrected chi connectivity index (χ3v) is 4.80. The number of β-amino-alcohol motifs (C(OH)–C–C–N with tert-alkyl or cyclic N) is 1. The van der Waals surface area contributed by atoms with Crippen LogP contribution in [0, 0.1) is 0 Å². The number of nitrogens with one attached hydrogen (secondary N) is 1. The maximum Gasteiger partial charge on any atom is 0.237 e. The lowest BCUT2D eigenvalue weighted by Gasteiger charge is -2.32. The molecule has 0 bridgehead atoms. The Morgan fingerprint density at radius 1 is 1.48 bits per heavy atom. The minimum atomic E-state index is -0.480. The lowest BCUT2D eigenvalue weighted by molar-refractivity contribution is -0.127. The highest BCUT2D eigenvalue weighted by molar-refractivity contribution is 5.82. The first-order valence-corrected chi connectivity index (χ1v) is 8.17. The summed E-state index contributed by atoms with van der Waals surface area (Å²) in [6.45, 7) is 2.78. The SMILES string of the molecule is CC(C(=O)NC1CCOc2ccccc21)N1CC(O)CC1CO. The number of benzene rings is 1. The monoisotopic (exact) mass is 320 g/mol. The summed E-state index contributed by atoms with van der Waals surface area (Å²) in [5, 5.41) is 22.3. The molecule has 2 heterocycles. The summed E-state index contributed by atoms with van der Waals surface area (Å²) >= 11 is 0. The molecule has 3 N–H and O–H groups in total. The summed E-state index contributed by atoms with van der Waals surface area (Å²) in [7, 11) is 0. The summed E-state index contributed by atoms with van der Waals surface area (Å²) in [4.78, 5) is 14.5. The van der Waals surface area contributed by atoms with Crippen molar-refractivity contribution in [3.8, 4) is 5.75 Å². The van der Waals surface area contributed by atoms with Crippen molar-refractivity contribution >= 4 is 5.91 Å². The van der Waals surface area contributed by atoms with Gasteiger partial charge in [-0.1, -0.05) is 18.2 Å². The molecular formula is C17H24N2O4.